The molecule has 4 rings (SSSR count). The fraction of sp³-hybridized carbons (Fsp3) is 0.400. The lowest BCUT2D eigenvalue weighted by Crippen LogP contribution is -2.47. The molecule has 226 valence electrons. The van der Waals surface area contributed by atoms with Crippen LogP contribution < -0.4 is 14.8 Å². The van der Waals surface area contributed by atoms with Gasteiger partial charge in [-0.2, -0.15) is 13.2 Å². The van der Waals surface area contributed by atoms with Crippen LogP contribution in [0.2, 0.25) is 0 Å². The third-order valence-electron chi connectivity index (χ3n) is 6.93. The minimum absolute atomic E-state index is 0.0777. The first-order valence-corrected chi connectivity index (χ1v) is 14.4. The number of hydrogen-bond acceptors (Lipinski definition) is 6. The van der Waals surface area contributed by atoms with E-state index in [0.717, 1.165) is 22.9 Å². The summed E-state index contributed by atoms with van der Waals surface area (Å²) in [6, 6.07) is 13.3. The van der Waals surface area contributed by atoms with E-state index in [1.165, 1.54) is 34.4 Å². The molecule has 3 amide bonds. The molecule has 42 heavy (non-hydrogen) atoms. The Morgan fingerprint density at radius 1 is 1.05 bits per heavy atom. The molecule has 2 heterocycles. The van der Waals surface area contributed by atoms with Gasteiger partial charge in [-0.1, -0.05) is 24.3 Å². The van der Waals surface area contributed by atoms with Gasteiger partial charge in [0.2, 0.25) is 5.91 Å². The number of alkyl halides is 3. The van der Waals surface area contributed by atoms with Crippen molar-refractivity contribution in [1.82, 2.24) is 9.80 Å². The van der Waals surface area contributed by atoms with Crippen LogP contribution in [0.5, 0.6) is 11.5 Å². The minimum Gasteiger partial charge on any atom is -0.493 e. The Hall–Kier alpha value is -3.77. The second-order valence-corrected chi connectivity index (χ2v) is 10.9. The summed E-state index contributed by atoms with van der Waals surface area (Å²) in [6.07, 6.45) is -2.95. The first-order valence-electron chi connectivity index (χ1n) is 13.5. The van der Waals surface area contributed by atoms with Crippen molar-refractivity contribution in [3.8, 4) is 11.5 Å². The third-order valence-corrected chi connectivity index (χ3v) is 7.79. The highest BCUT2D eigenvalue weighted by Crippen LogP contribution is 2.35. The summed E-state index contributed by atoms with van der Waals surface area (Å²) in [4.78, 5) is 30.9. The smallest absolute Gasteiger partial charge is 0.418 e. The van der Waals surface area contributed by atoms with Crippen molar-refractivity contribution in [3.05, 3.63) is 76.0 Å². The minimum atomic E-state index is -4.65. The summed E-state index contributed by atoms with van der Waals surface area (Å²) in [6.45, 7) is 0.959. The zero-order chi connectivity index (χ0) is 30.1. The summed E-state index contributed by atoms with van der Waals surface area (Å²) < 4.78 is 57.1. The standard InChI is InChI=1S/C30H34F3N3O5S/c1-39-26-12-11-21(17-27(26)40-2)13-14-35(19-23-8-6-16-42-23)28(37)20-36(18-22-7-5-15-41-22)29(38)34-25-10-4-3-9-24(25)30(31,32)33/h3-4,6,8-12,16-17,22H,5,7,13-15,18-20H2,1-2H3,(H,34,38). The highest BCUT2D eigenvalue weighted by atomic mass is 32.1. The van der Waals surface area contributed by atoms with Gasteiger partial charge in [-0.25, -0.2) is 4.79 Å². The Kier molecular flexibility index (Phi) is 10.7. The van der Waals surface area contributed by atoms with Crippen LogP contribution in [-0.4, -0.2) is 68.3 Å². The second-order valence-electron chi connectivity index (χ2n) is 9.82. The van der Waals surface area contributed by atoms with E-state index in [-0.39, 0.29) is 30.8 Å². The van der Waals surface area contributed by atoms with Crippen LogP contribution in [0.15, 0.2) is 60.0 Å². The molecule has 1 fully saturated rings. The van der Waals surface area contributed by atoms with Gasteiger partial charge < -0.3 is 29.3 Å². The quantitative estimate of drug-likeness (QED) is 0.271. The van der Waals surface area contributed by atoms with Crippen molar-refractivity contribution in [2.45, 2.75) is 38.1 Å². The molecular formula is C30H34F3N3O5S. The van der Waals surface area contributed by atoms with Crippen LogP contribution in [-0.2, 0) is 28.7 Å². The molecule has 1 N–H and O–H groups in total. The molecule has 0 bridgehead atoms. The average Bonchev–Trinajstić information content (AvgIpc) is 3.69. The summed E-state index contributed by atoms with van der Waals surface area (Å²) in [5, 5.41) is 4.30. The van der Waals surface area contributed by atoms with Crippen molar-refractivity contribution < 1.29 is 37.0 Å². The zero-order valence-corrected chi connectivity index (χ0v) is 24.3. The normalized spacial score (nSPS) is 14.8. The molecule has 0 saturated carbocycles. The van der Waals surface area contributed by atoms with E-state index in [9.17, 15) is 22.8 Å². The Bertz CT molecular complexity index is 1330. The molecule has 0 aliphatic carbocycles. The van der Waals surface area contributed by atoms with E-state index in [2.05, 4.69) is 5.32 Å². The predicted octanol–water partition coefficient (Wildman–Crippen LogP) is 6.07. The number of amides is 3. The van der Waals surface area contributed by atoms with Crippen LogP contribution >= 0.6 is 11.3 Å². The number of urea groups is 1. The second kappa shape index (κ2) is 14.4. The van der Waals surface area contributed by atoms with Gasteiger partial charge in [0.05, 0.1) is 38.1 Å². The van der Waals surface area contributed by atoms with Crippen molar-refractivity contribution >= 4 is 29.0 Å². The number of benzene rings is 2. The summed E-state index contributed by atoms with van der Waals surface area (Å²) in [5.41, 5.74) is -0.408. The lowest BCUT2D eigenvalue weighted by Gasteiger charge is -2.29. The number of methoxy groups -OCH3 is 2. The molecule has 1 atom stereocenters. The average molecular weight is 606 g/mol. The molecule has 1 aromatic heterocycles. The van der Waals surface area contributed by atoms with Crippen molar-refractivity contribution in [2.75, 3.05) is 45.8 Å². The van der Waals surface area contributed by atoms with Crippen LogP contribution in [0.25, 0.3) is 0 Å². The summed E-state index contributed by atoms with van der Waals surface area (Å²) >= 11 is 1.51. The van der Waals surface area contributed by atoms with Crippen LogP contribution in [0, 0.1) is 0 Å². The van der Waals surface area contributed by atoms with Crippen LogP contribution in [0.3, 0.4) is 0 Å². The Labute approximate surface area is 247 Å². The van der Waals surface area contributed by atoms with Crippen LogP contribution in [0.1, 0.15) is 28.8 Å². The van der Waals surface area contributed by atoms with Crippen molar-refractivity contribution in [3.63, 3.8) is 0 Å². The van der Waals surface area contributed by atoms with Gasteiger partial charge in [0.15, 0.2) is 11.5 Å². The number of nitrogens with zero attached hydrogens (tertiary/aromatic N) is 2. The molecule has 1 aliphatic heterocycles. The van der Waals surface area contributed by atoms with E-state index >= 15 is 0 Å². The highest BCUT2D eigenvalue weighted by Gasteiger charge is 2.34. The van der Waals surface area contributed by atoms with E-state index in [0.29, 0.717) is 44.0 Å². The molecular weight excluding hydrogens is 571 g/mol. The predicted molar refractivity (Wildman–Crippen MR) is 154 cm³/mol. The number of ether oxygens (including phenoxy) is 3. The molecule has 8 nitrogen and oxygen atoms in total. The van der Waals surface area contributed by atoms with E-state index in [1.807, 2.05) is 29.6 Å². The number of anilines is 1. The van der Waals surface area contributed by atoms with E-state index in [4.69, 9.17) is 14.2 Å². The van der Waals surface area contributed by atoms with Crippen molar-refractivity contribution in [1.29, 1.82) is 0 Å². The molecule has 12 heteroatoms. The number of nitrogens with one attached hydrogen (secondary N) is 1. The third kappa shape index (κ3) is 8.39. The van der Waals surface area contributed by atoms with Gasteiger partial charge in [-0.3, -0.25) is 4.79 Å². The lowest BCUT2D eigenvalue weighted by molar-refractivity contribution is -0.137. The van der Waals surface area contributed by atoms with Gasteiger partial charge in [0.1, 0.15) is 6.54 Å². The monoisotopic (exact) mass is 605 g/mol. The van der Waals surface area contributed by atoms with Gasteiger partial charge in [0, 0.05) is 24.6 Å². The number of carbonyl (C=O) groups is 2. The molecule has 1 unspecified atom stereocenters. The molecule has 2 aromatic carbocycles. The largest absolute Gasteiger partial charge is 0.493 e. The van der Waals surface area contributed by atoms with Gasteiger partial charge in [0.25, 0.3) is 0 Å². The maximum atomic E-state index is 13.7. The Balaban J connectivity index is 1.52. The maximum absolute atomic E-state index is 13.7. The lowest BCUT2D eigenvalue weighted by atomic mass is 10.1. The first kappa shape index (κ1) is 31.2. The number of carbonyl (C=O) groups excluding carboxylic acids is 2. The van der Waals surface area contributed by atoms with Crippen molar-refractivity contribution in [2.24, 2.45) is 0 Å². The number of hydrogen-bond donors (Lipinski definition) is 1. The van der Waals surface area contributed by atoms with E-state index < -0.39 is 17.8 Å². The number of para-hydroxylation sites is 1. The van der Waals surface area contributed by atoms with E-state index in [1.54, 1.807) is 25.2 Å². The summed E-state index contributed by atoms with van der Waals surface area (Å²) in [5.74, 6) is 0.835. The Morgan fingerprint density at radius 2 is 1.83 bits per heavy atom. The fourth-order valence-corrected chi connectivity index (χ4v) is 5.45. The Morgan fingerprint density at radius 3 is 2.50 bits per heavy atom. The number of thiophene rings is 1. The van der Waals surface area contributed by atoms with Gasteiger partial charge in [-0.15, -0.1) is 11.3 Å². The first-order chi connectivity index (χ1) is 20.2. The molecule has 0 radical (unpaired) electrons. The van der Waals surface area contributed by atoms with Crippen LogP contribution in [0.4, 0.5) is 23.7 Å². The number of halogens is 3. The fourth-order valence-electron chi connectivity index (χ4n) is 4.73. The zero-order valence-electron chi connectivity index (χ0n) is 23.5. The van der Waals surface area contributed by atoms with Gasteiger partial charge in [-0.05, 0) is 60.5 Å². The molecule has 0 spiro atoms. The SMILES string of the molecule is COc1ccc(CCN(Cc2cccs2)C(=O)CN(CC2CCCO2)C(=O)Nc2ccccc2C(F)(F)F)cc1OC. The molecule has 3 aromatic rings. The topological polar surface area (TPSA) is 80.3 Å². The van der Waals surface area contributed by atoms with Gasteiger partial charge >= 0.3 is 12.2 Å². The summed E-state index contributed by atoms with van der Waals surface area (Å²) in [7, 11) is 3.11. The maximum Gasteiger partial charge on any atom is 0.418 e. The molecule has 1 saturated heterocycles. The molecule has 1 aliphatic rings. The highest BCUT2D eigenvalue weighted by molar-refractivity contribution is 7.09. The number of rotatable bonds is 12.